The summed E-state index contributed by atoms with van der Waals surface area (Å²) in [6.45, 7) is 1.14. The van der Waals surface area contributed by atoms with Crippen LogP contribution in [0.4, 0.5) is 4.39 Å². The Morgan fingerprint density at radius 3 is 2.59 bits per heavy atom. The van der Waals surface area contributed by atoms with Crippen molar-refractivity contribution in [1.29, 1.82) is 0 Å². The minimum absolute atomic E-state index is 0.110. The van der Waals surface area contributed by atoms with Gasteiger partial charge in [-0.15, -0.1) is 0 Å². The van der Waals surface area contributed by atoms with E-state index in [-0.39, 0.29) is 23.4 Å². The molecule has 0 N–H and O–H groups in total. The lowest BCUT2D eigenvalue weighted by Crippen LogP contribution is -2.41. The van der Waals surface area contributed by atoms with E-state index in [1.54, 1.807) is 24.1 Å². The molecular weight excluding hydrogens is 369 g/mol. The highest BCUT2D eigenvalue weighted by molar-refractivity contribution is 6.05. The van der Waals surface area contributed by atoms with Gasteiger partial charge in [0.25, 0.3) is 5.91 Å². The van der Waals surface area contributed by atoms with E-state index in [2.05, 4.69) is 0 Å². The number of ketones is 1. The topological polar surface area (TPSA) is 46.6 Å². The number of allylic oxidation sites excluding steroid dienone is 2. The van der Waals surface area contributed by atoms with Crippen LogP contribution in [0.25, 0.3) is 5.57 Å². The third kappa shape index (κ3) is 4.01. The van der Waals surface area contributed by atoms with E-state index in [0.717, 1.165) is 35.1 Å². The number of carbonyl (C=O) groups is 2. The van der Waals surface area contributed by atoms with Crippen LogP contribution in [0, 0.1) is 5.82 Å². The van der Waals surface area contributed by atoms with Crippen molar-refractivity contribution in [3.05, 3.63) is 76.6 Å². The number of piperidine rings is 1. The number of carbonyl (C=O) groups excluding carboxylic acids is 2. The fourth-order valence-corrected chi connectivity index (χ4v) is 4.14. The van der Waals surface area contributed by atoms with Crippen LogP contribution in [0.15, 0.2) is 48.5 Å². The summed E-state index contributed by atoms with van der Waals surface area (Å²) in [4.78, 5) is 26.7. The molecule has 1 fully saturated rings. The fraction of sp³-hybridized carbons (Fsp3) is 0.333. The number of halogens is 1. The quantitative estimate of drug-likeness (QED) is 0.779. The van der Waals surface area contributed by atoms with Crippen molar-refractivity contribution in [3.63, 3.8) is 0 Å². The first kappa shape index (κ1) is 19.5. The van der Waals surface area contributed by atoms with Crippen LogP contribution < -0.4 is 0 Å². The molecule has 0 saturated carbocycles. The predicted molar refractivity (Wildman–Crippen MR) is 109 cm³/mol. The zero-order chi connectivity index (χ0) is 20.4. The Morgan fingerprint density at radius 2 is 1.86 bits per heavy atom. The van der Waals surface area contributed by atoms with Crippen LogP contribution in [0.5, 0.6) is 0 Å². The Morgan fingerprint density at radius 1 is 1.14 bits per heavy atom. The molecular formula is C24H24FNO3. The van der Waals surface area contributed by atoms with Gasteiger partial charge in [-0.25, -0.2) is 4.39 Å². The normalized spacial score (nSPS) is 17.1. The van der Waals surface area contributed by atoms with Crippen LogP contribution in [-0.4, -0.2) is 42.9 Å². The lowest BCUT2D eigenvalue weighted by Gasteiger charge is -2.31. The number of hydrogen-bond donors (Lipinski definition) is 0. The Balaban J connectivity index is 1.55. The number of benzene rings is 2. The van der Waals surface area contributed by atoms with Crippen LogP contribution >= 0.6 is 0 Å². The van der Waals surface area contributed by atoms with E-state index < -0.39 is 5.82 Å². The SMILES string of the molecule is COC1CCN(C(=O)c2cc(CC3=CCC(=O)c4ccccc43)ccc2F)CC1. The smallest absolute Gasteiger partial charge is 0.256 e. The highest BCUT2D eigenvalue weighted by Crippen LogP contribution is 2.29. The molecule has 4 nitrogen and oxygen atoms in total. The number of hydrogen-bond acceptors (Lipinski definition) is 3. The summed E-state index contributed by atoms with van der Waals surface area (Å²) >= 11 is 0. The second-order valence-electron chi connectivity index (χ2n) is 7.62. The maximum absolute atomic E-state index is 14.5. The van der Waals surface area contributed by atoms with Gasteiger partial charge in [-0.05, 0) is 48.1 Å². The number of methoxy groups -OCH3 is 1. The summed E-state index contributed by atoms with van der Waals surface area (Å²) in [5.74, 6) is -0.660. The minimum atomic E-state index is -0.499. The van der Waals surface area contributed by atoms with Gasteiger partial charge in [0.2, 0.25) is 0 Å². The van der Waals surface area contributed by atoms with E-state index in [4.69, 9.17) is 4.74 Å². The van der Waals surface area contributed by atoms with Crippen molar-refractivity contribution >= 4 is 17.3 Å². The van der Waals surface area contributed by atoms with Gasteiger partial charge in [-0.1, -0.05) is 36.4 Å². The van der Waals surface area contributed by atoms with Crippen LogP contribution in [0.1, 0.15) is 51.1 Å². The molecule has 4 rings (SSSR count). The van der Waals surface area contributed by atoms with Crippen molar-refractivity contribution in [2.75, 3.05) is 20.2 Å². The van der Waals surface area contributed by atoms with E-state index >= 15 is 0 Å². The van der Waals surface area contributed by atoms with Crippen molar-refractivity contribution in [2.24, 2.45) is 0 Å². The molecule has 1 heterocycles. The summed E-state index contributed by atoms with van der Waals surface area (Å²) in [6.07, 6.45) is 4.55. The molecule has 2 aromatic rings. The molecule has 1 amide bonds. The largest absolute Gasteiger partial charge is 0.381 e. The Labute approximate surface area is 170 Å². The number of rotatable bonds is 4. The lowest BCUT2D eigenvalue weighted by molar-refractivity contribution is 0.0348. The number of fused-ring (bicyclic) bond motifs is 1. The molecule has 0 unspecified atom stereocenters. The first-order valence-electron chi connectivity index (χ1n) is 9.99. The third-order valence-corrected chi connectivity index (χ3v) is 5.83. The van der Waals surface area contributed by atoms with Crippen molar-refractivity contribution in [2.45, 2.75) is 31.8 Å². The van der Waals surface area contributed by atoms with E-state index in [1.165, 1.54) is 6.07 Å². The van der Waals surface area contributed by atoms with Crippen LogP contribution in [-0.2, 0) is 11.2 Å². The summed E-state index contributed by atoms with van der Waals surface area (Å²) < 4.78 is 19.8. The molecule has 0 spiro atoms. The van der Waals surface area contributed by atoms with Gasteiger partial charge in [0.1, 0.15) is 5.82 Å². The van der Waals surface area contributed by atoms with Gasteiger partial charge in [0.05, 0.1) is 11.7 Å². The second kappa shape index (κ2) is 8.29. The molecule has 1 aliphatic carbocycles. The molecule has 0 radical (unpaired) electrons. The number of ether oxygens (including phenoxy) is 1. The lowest BCUT2D eigenvalue weighted by atomic mass is 9.86. The highest BCUT2D eigenvalue weighted by Gasteiger charge is 2.26. The first-order chi connectivity index (χ1) is 14.1. The van der Waals surface area contributed by atoms with Crippen LogP contribution in [0.2, 0.25) is 0 Å². The van der Waals surface area contributed by atoms with E-state index in [9.17, 15) is 14.0 Å². The first-order valence-corrected chi connectivity index (χ1v) is 9.99. The summed E-state index contributed by atoms with van der Waals surface area (Å²) in [6, 6.07) is 12.3. The molecule has 2 aromatic carbocycles. The van der Waals surface area contributed by atoms with E-state index in [0.29, 0.717) is 25.9 Å². The molecule has 0 bridgehead atoms. The number of nitrogens with zero attached hydrogens (tertiary/aromatic N) is 1. The molecule has 1 aliphatic heterocycles. The minimum Gasteiger partial charge on any atom is -0.381 e. The Kier molecular flexibility index (Phi) is 5.58. The predicted octanol–water partition coefficient (Wildman–Crippen LogP) is 4.29. The molecule has 0 atom stereocenters. The zero-order valence-electron chi connectivity index (χ0n) is 16.5. The molecule has 0 aromatic heterocycles. The van der Waals surface area contributed by atoms with Gasteiger partial charge >= 0.3 is 0 Å². The number of likely N-dealkylation sites (tertiary alicyclic amines) is 1. The highest BCUT2D eigenvalue weighted by atomic mass is 19.1. The summed E-state index contributed by atoms with van der Waals surface area (Å²) in [5, 5.41) is 0. The Hall–Kier alpha value is -2.79. The number of amides is 1. The van der Waals surface area contributed by atoms with Gasteiger partial charge in [-0.2, -0.15) is 0 Å². The maximum atomic E-state index is 14.5. The van der Waals surface area contributed by atoms with Gasteiger partial charge < -0.3 is 9.64 Å². The van der Waals surface area contributed by atoms with Gasteiger partial charge in [-0.3, -0.25) is 9.59 Å². The summed E-state index contributed by atoms with van der Waals surface area (Å²) in [7, 11) is 1.68. The van der Waals surface area contributed by atoms with Crippen molar-refractivity contribution in [3.8, 4) is 0 Å². The monoisotopic (exact) mass is 393 g/mol. The zero-order valence-corrected chi connectivity index (χ0v) is 16.5. The fourth-order valence-electron chi connectivity index (χ4n) is 4.14. The van der Waals surface area contributed by atoms with E-state index in [1.807, 2.05) is 30.3 Å². The Bertz CT molecular complexity index is 974. The second-order valence-corrected chi connectivity index (χ2v) is 7.62. The van der Waals surface area contributed by atoms with Crippen LogP contribution in [0.3, 0.4) is 0 Å². The van der Waals surface area contributed by atoms with Crippen molar-refractivity contribution < 1.29 is 18.7 Å². The van der Waals surface area contributed by atoms with Gasteiger partial charge in [0, 0.05) is 32.2 Å². The maximum Gasteiger partial charge on any atom is 0.256 e. The molecule has 5 heteroatoms. The van der Waals surface area contributed by atoms with Gasteiger partial charge in [0.15, 0.2) is 5.78 Å². The average Bonchev–Trinajstić information content (AvgIpc) is 2.77. The molecule has 1 saturated heterocycles. The molecule has 150 valence electrons. The standard InChI is InChI=1S/C24H24FNO3/c1-29-18-10-12-26(13-11-18)24(28)21-15-16(6-8-22(21)25)14-17-7-9-23(27)20-5-3-2-4-19(17)20/h2-8,15,18H,9-14H2,1H3. The molecule has 2 aliphatic rings. The third-order valence-electron chi connectivity index (χ3n) is 5.83. The summed E-state index contributed by atoms with van der Waals surface area (Å²) in [5.41, 5.74) is 3.65. The van der Waals surface area contributed by atoms with Crippen molar-refractivity contribution in [1.82, 2.24) is 4.90 Å². The molecule has 29 heavy (non-hydrogen) atoms. The average molecular weight is 393 g/mol. The number of Topliss-reactive ketones (excluding diaryl/α,β-unsaturated/α-hetero) is 1.